The molecule has 1 saturated heterocycles. The Hall–Kier alpha value is -2.40. The molecule has 2 aromatic rings. The van der Waals surface area contributed by atoms with Gasteiger partial charge in [-0.3, -0.25) is 9.59 Å². The van der Waals surface area contributed by atoms with E-state index in [1.54, 1.807) is 0 Å². The maximum atomic E-state index is 11.9. The third kappa shape index (κ3) is 3.09. The van der Waals surface area contributed by atoms with Gasteiger partial charge in [0.1, 0.15) is 6.04 Å². The summed E-state index contributed by atoms with van der Waals surface area (Å²) >= 11 is 0. The lowest BCUT2D eigenvalue weighted by Gasteiger charge is -2.15. The molecule has 1 fully saturated rings. The number of rotatable bonds is 4. The third-order valence-corrected chi connectivity index (χ3v) is 3.94. The van der Waals surface area contributed by atoms with Gasteiger partial charge in [-0.05, 0) is 28.8 Å². The Kier molecular flexibility index (Phi) is 4.06. The van der Waals surface area contributed by atoms with Gasteiger partial charge in [-0.2, -0.15) is 0 Å². The molecule has 2 atom stereocenters. The summed E-state index contributed by atoms with van der Waals surface area (Å²) in [6.07, 6.45) is 0.118. The van der Waals surface area contributed by atoms with Crippen molar-refractivity contribution >= 4 is 22.6 Å². The van der Waals surface area contributed by atoms with Crippen LogP contribution in [0.25, 0.3) is 10.8 Å². The molecule has 3 N–H and O–H groups in total. The van der Waals surface area contributed by atoms with Gasteiger partial charge in [-0.25, -0.2) is 0 Å². The number of hydrogen-bond donors (Lipinski definition) is 3. The van der Waals surface area contributed by atoms with Gasteiger partial charge in [-0.15, -0.1) is 0 Å². The second-order valence-corrected chi connectivity index (χ2v) is 5.53. The molecule has 2 aromatic carbocycles. The fraction of sp³-hybridized carbons (Fsp3) is 0.294. The van der Waals surface area contributed by atoms with Crippen LogP contribution in [0.1, 0.15) is 24.5 Å². The molecule has 0 saturated carbocycles. The smallest absolute Gasteiger partial charge is 0.242 e. The summed E-state index contributed by atoms with van der Waals surface area (Å²) < 4.78 is 0. The van der Waals surface area contributed by atoms with E-state index < -0.39 is 12.1 Å². The van der Waals surface area contributed by atoms with E-state index in [0.29, 0.717) is 12.8 Å². The zero-order valence-electron chi connectivity index (χ0n) is 12.1. The van der Waals surface area contributed by atoms with E-state index in [4.69, 9.17) is 0 Å². The number of fused-ring (bicyclic) bond motifs is 1. The van der Waals surface area contributed by atoms with E-state index >= 15 is 0 Å². The van der Waals surface area contributed by atoms with Crippen LogP contribution in [0.4, 0.5) is 0 Å². The van der Waals surface area contributed by atoms with Crippen LogP contribution < -0.4 is 10.6 Å². The minimum absolute atomic E-state index is 0.102. The van der Waals surface area contributed by atoms with Gasteiger partial charge in [0.2, 0.25) is 11.8 Å². The largest absolute Gasteiger partial charge is 0.387 e. The first-order valence-electron chi connectivity index (χ1n) is 7.37. The quantitative estimate of drug-likeness (QED) is 0.795. The molecule has 5 heteroatoms. The molecular formula is C17H18N2O3. The molecule has 0 bridgehead atoms. The fourth-order valence-corrected chi connectivity index (χ4v) is 2.66. The lowest BCUT2D eigenvalue weighted by atomic mass is 10.0. The molecule has 0 aromatic heterocycles. The molecule has 5 nitrogen and oxygen atoms in total. The first-order chi connectivity index (χ1) is 10.6. The topological polar surface area (TPSA) is 78.4 Å². The maximum absolute atomic E-state index is 11.9. The van der Waals surface area contributed by atoms with Crippen molar-refractivity contribution in [2.24, 2.45) is 0 Å². The van der Waals surface area contributed by atoms with E-state index in [1.807, 2.05) is 42.5 Å². The number of hydrogen-bond acceptors (Lipinski definition) is 3. The van der Waals surface area contributed by atoms with E-state index in [-0.39, 0.29) is 18.4 Å². The Morgan fingerprint density at radius 3 is 2.77 bits per heavy atom. The molecule has 1 aliphatic rings. The molecule has 0 radical (unpaired) electrons. The van der Waals surface area contributed by atoms with Crippen molar-refractivity contribution < 1.29 is 14.7 Å². The Morgan fingerprint density at radius 1 is 1.27 bits per heavy atom. The van der Waals surface area contributed by atoms with E-state index in [0.717, 1.165) is 16.3 Å². The van der Waals surface area contributed by atoms with Crippen molar-refractivity contribution in [1.29, 1.82) is 0 Å². The summed E-state index contributed by atoms with van der Waals surface area (Å²) in [5.41, 5.74) is 0.759. The maximum Gasteiger partial charge on any atom is 0.242 e. The normalized spacial score (nSPS) is 19.0. The predicted octanol–water partition coefficient (Wildman–Crippen LogP) is 1.27. The zero-order chi connectivity index (χ0) is 15.5. The minimum Gasteiger partial charge on any atom is -0.387 e. The molecule has 114 valence electrons. The molecule has 0 aliphatic carbocycles. The Labute approximate surface area is 128 Å². The monoisotopic (exact) mass is 298 g/mol. The third-order valence-electron chi connectivity index (χ3n) is 3.94. The van der Waals surface area contributed by atoms with Gasteiger partial charge in [0.15, 0.2) is 0 Å². The predicted molar refractivity (Wildman–Crippen MR) is 83.1 cm³/mol. The van der Waals surface area contributed by atoms with Crippen LogP contribution in [0.3, 0.4) is 0 Å². The Bertz CT molecular complexity index is 714. The van der Waals surface area contributed by atoms with Crippen LogP contribution >= 0.6 is 0 Å². The number of carbonyl (C=O) groups is 2. The first kappa shape index (κ1) is 14.5. The lowest BCUT2D eigenvalue weighted by Crippen LogP contribution is -2.42. The van der Waals surface area contributed by atoms with Crippen molar-refractivity contribution in [2.45, 2.75) is 25.0 Å². The highest BCUT2D eigenvalue weighted by molar-refractivity contribution is 5.90. The van der Waals surface area contributed by atoms with Crippen LogP contribution in [0, 0.1) is 0 Å². The van der Waals surface area contributed by atoms with Crippen molar-refractivity contribution in [2.75, 3.05) is 6.54 Å². The van der Waals surface area contributed by atoms with Gasteiger partial charge in [0, 0.05) is 13.0 Å². The van der Waals surface area contributed by atoms with Crippen LogP contribution in [-0.2, 0) is 9.59 Å². The summed E-state index contributed by atoms with van der Waals surface area (Å²) in [5.74, 6) is -0.346. The SMILES string of the molecule is O=C1CC[C@H](C(=O)NC[C@H](O)c2ccc3ccccc3c2)N1. The van der Waals surface area contributed by atoms with Gasteiger partial charge >= 0.3 is 0 Å². The van der Waals surface area contributed by atoms with Crippen molar-refractivity contribution in [3.8, 4) is 0 Å². The Morgan fingerprint density at radius 2 is 2.05 bits per heavy atom. The Balaban J connectivity index is 1.62. The highest BCUT2D eigenvalue weighted by Gasteiger charge is 2.27. The van der Waals surface area contributed by atoms with Gasteiger partial charge in [-0.1, -0.05) is 36.4 Å². The van der Waals surface area contributed by atoms with Gasteiger partial charge < -0.3 is 15.7 Å². The van der Waals surface area contributed by atoms with Crippen LogP contribution in [0.5, 0.6) is 0 Å². The van der Waals surface area contributed by atoms with Crippen molar-refractivity contribution in [3.05, 3.63) is 48.0 Å². The fourth-order valence-electron chi connectivity index (χ4n) is 2.66. The summed E-state index contributed by atoms with van der Waals surface area (Å²) in [6.45, 7) is 0.129. The van der Waals surface area contributed by atoms with Crippen LogP contribution in [0.15, 0.2) is 42.5 Å². The standard InChI is InChI=1S/C17H18N2O3/c20-15(10-18-17(22)14-7-8-16(21)19-14)13-6-5-11-3-1-2-4-12(11)9-13/h1-6,9,14-15,20H,7-8,10H2,(H,18,22)(H,19,21)/t14-,15+/m1/s1. The van der Waals surface area contributed by atoms with Crippen LogP contribution in [-0.4, -0.2) is 29.5 Å². The first-order valence-corrected chi connectivity index (χ1v) is 7.37. The average Bonchev–Trinajstić information content (AvgIpc) is 2.98. The molecule has 1 aliphatic heterocycles. The lowest BCUT2D eigenvalue weighted by molar-refractivity contribution is -0.126. The average molecular weight is 298 g/mol. The number of nitrogens with one attached hydrogen (secondary N) is 2. The van der Waals surface area contributed by atoms with Crippen molar-refractivity contribution in [3.63, 3.8) is 0 Å². The van der Waals surface area contributed by atoms with Crippen LogP contribution in [0.2, 0.25) is 0 Å². The molecule has 0 spiro atoms. The second-order valence-electron chi connectivity index (χ2n) is 5.53. The number of aliphatic hydroxyl groups is 1. The zero-order valence-corrected chi connectivity index (χ0v) is 12.1. The highest BCUT2D eigenvalue weighted by Crippen LogP contribution is 2.20. The minimum atomic E-state index is -0.773. The number of benzene rings is 2. The number of aliphatic hydroxyl groups excluding tert-OH is 1. The van der Waals surface area contributed by atoms with E-state index in [9.17, 15) is 14.7 Å². The summed E-state index contributed by atoms with van der Waals surface area (Å²) in [7, 11) is 0. The van der Waals surface area contributed by atoms with Gasteiger partial charge in [0.25, 0.3) is 0 Å². The molecule has 1 heterocycles. The van der Waals surface area contributed by atoms with E-state index in [2.05, 4.69) is 10.6 Å². The van der Waals surface area contributed by atoms with E-state index in [1.165, 1.54) is 0 Å². The number of carbonyl (C=O) groups excluding carboxylic acids is 2. The molecule has 22 heavy (non-hydrogen) atoms. The molecule has 2 amide bonds. The molecule has 3 rings (SSSR count). The highest BCUT2D eigenvalue weighted by atomic mass is 16.3. The molecule has 0 unspecified atom stereocenters. The summed E-state index contributed by atoms with van der Waals surface area (Å²) in [5, 5.41) is 17.7. The molecular weight excluding hydrogens is 280 g/mol. The second kappa shape index (κ2) is 6.15. The summed E-state index contributed by atoms with van der Waals surface area (Å²) in [4.78, 5) is 23.0. The summed E-state index contributed by atoms with van der Waals surface area (Å²) in [6, 6.07) is 13.2. The number of amides is 2. The van der Waals surface area contributed by atoms with Gasteiger partial charge in [0.05, 0.1) is 6.10 Å². The van der Waals surface area contributed by atoms with Crippen molar-refractivity contribution in [1.82, 2.24) is 10.6 Å².